The van der Waals surface area contributed by atoms with Crippen LogP contribution in [-0.2, 0) is 22.3 Å². The van der Waals surface area contributed by atoms with Crippen LogP contribution in [0.4, 0.5) is 17.2 Å². The predicted molar refractivity (Wildman–Crippen MR) is 157 cm³/mol. The normalized spacial score (nSPS) is 19.6. The molecule has 5 N–H and O–H groups in total. The number of carbonyl (C=O) groups is 1. The molecule has 1 aromatic carbocycles. The van der Waals surface area contributed by atoms with Gasteiger partial charge in [-0.25, -0.2) is 19.3 Å². The molecular formula is C29H37N7O3S. The van der Waals surface area contributed by atoms with E-state index in [4.69, 9.17) is 16.6 Å². The molecule has 2 aromatic heterocycles. The van der Waals surface area contributed by atoms with Gasteiger partial charge in [0, 0.05) is 43.5 Å². The second-order valence-electron chi connectivity index (χ2n) is 10.5. The molecule has 10 nitrogen and oxygen atoms in total. The third kappa shape index (κ3) is 5.28. The molecule has 11 heteroatoms. The zero-order chi connectivity index (χ0) is 28.6. The van der Waals surface area contributed by atoms with Crippen LogP contribution in [0.25, 0.3) is 0 Å². The molecule has 0 aliphatic carbocycles. The summed E-state index contributed by atoms with van der Waals surface area (Å²) in [5.74, 6) is 5.47. The van der Waals surface area contributed by atoms with Gasteiger partial charge in [0.1, 0.15) is 16.8 Å². The van der Waals surface area contributed by atoms with Crippen molar-refractivity contribution in [3.63, 3.8) is 0 Å². The van der Waals surface area contributed by atoms with Gasteiger partial charge in [0.15, 0.2) is 0 Å². The predicted octanol–water partition coefficient (Wildman–Crippen LogP) is 3.49. The molecule has 2 unspecified atom stereocenters. The van der Waals surface area contributed by atoms with E-state index in [1.54, 1.807) is 11.2 Å². The van der Waals surface area contributed by atoms with Crippen LogP contribution in [0.1, 0.15) is 60.2 Å². The molecular weight excluding hydrogens is 526 g/mol. The van der Waals surface area contributed by atoms with Crippen LogP contribution >= 0.6 is 0 Å². The highest BCUT2D eigenvalue weighted by molar-refractivity contribution is 7.82. The Morgan fingerprint density at radius 2 is 2.05 bits per heavy atom. The van der Waals surface area contributed by atoms with E-state index in [0.29, 0.717) is 36.7 Å². The number of pyridine rings is 2. The summed E-state index contributed by atoms with van der Waals surface area (Å²) in [5.41, 5.74) is 11.7. The number of fused-ring (bicyclic) bond motifs is 3. The first-order valence-corrected chi connectivity index (χ1v) is 14.8. The minimum absolute atomic E-state index is 0.138. The van der Waals surface area contributed by atoms with Gasteiger partial charge in [0.2, 0.25) is 0 Å². The smallest absolute Gasteiger partial charge is 0.304 e. The molecule has 4 heterocycles. The van der Waals surface area contributed by atoms with Crippen LogP contribution in [0.2, 0.25) is 0 Å². The molecule has 0 amide bonds. The Bertz CT molecular complexity index is 1450. The minimum atomic E-state index is -1.40. The summed E-state index contributed by atoms with van der Waals surface area (Å²) in [6.45, 7) is 8.31. The zero-order valence-electron chi connectivity index (χ0n) is 23.2. The number of hydrogen-bond donors (Lipinski definition) is 3. The molecule has 212 valence electrons. The Hall–Kier alpha value is -3.54. The van der Waals surface area contributed by atoms with Crippen LogP contribution in [0.3, 0.4) is 0 Å². The number of carboxylic acids is 1. The topological polar surface area (TPSA) is 142 Å². The molecule has 5 rings (SSSR count). The number of benzene rings is 1. The SMILES string of the molecule is CCN(N)c1ccc([C@@H](CC(=O)O)c2ccc(C)c(CN3CC4CCCN4c4ncccc4S3=O)n2)c(C)c1N. The van der Waals surface area contributed by atoms with Crippen LogP contribution in [0.15, 0.2) is 47.5 Å². The molecule has 3 aromatic rings. The van der Waals surface area contributed by atoms with Gasteiger partial charge in [0.25, 0.3) is 0 Å². The van der Waals surface area contributed by atoms with E-state index in [-0.39, 0.29) is 12.5 Å². The highest BCUT2D eigenvalue weighted by atomic mass is 32.2. The van der Waals surface area contributed by atoms with Gasteiger partial charge in [-0.1, -0.05) is 12.1 Å². The van der Waals surface area contributed by atoms with Crippen LogP contribution in [0, 0.1) is 13.8 Å². The van der Waals surface area contributed by atoms with Crippen molar-refractivity contribution in [3.8, 4) is 0 Å². The molecule has 1 saturated heterocycles. The number of aryl methyl sites for hydroxylation is 1. The molecule has 3 atom stereocenters. The first-order valence-electron chi connectivity index (χ1n) is 13.7. The second kappa shape index (κ2) is 11.5. The third-order valence-electron chi connectivity index (χ3n) is 8.08. The lowest BCUT2D eigenvalue weighted by molar-refractivity contribution is -0.137. The molecule has 0 spiro atoms. The van der Waals surface area contributed by atoms with Crippen molar-refractivity contribution >= 4 is 34.1 Å². The fourth-order valence-corrected chi connectivity index (χ4v) is 7.14. The number of anilines is 3. The summed E-state index contributed by atoms with van der Waals surface area (Å²) in [4.78, 5) is 24.6. The number of aromatic nitrogens is 2. The molecule has 2 aliphatic rings. The Balaban J connectivity index is 1.51. The Morgan fingerprint density at radius 1 is 1.25 bits per heavy atom. The zero-order valence-corrected chi connectivity index (χ0v) is 24.0. The summed E-state index contributed by atoms with van der Waals surface area (Å²) in [5, 5.41) is 11.4. The number of nitrogens with zero attached hydrogens (tertiary/aromatic N) is 5. The summed E-state index contributed by atoms with van der Waals surface area (Å²) in [7, 11) is -1.40. The maximum Gasteiger partial charge on any atom is 0.304 e. The molecule has 2 aliphatic heterocycles. The van der Waals surface area contributed by atoms with Gasteiger partial charge in [-0.3, -0.25) is 9.78 Å². The average Bonchev–Trinajstić information content (AvgIpc) is 3.37. The molecule has 1 fully saturated rings. The second-order valence-corrected chi connectivity index (χ2v) is 12.0. The van der Waals surface area contributed by atoms with Crippen LogP contribution in [0.5, 0.6) is 0 Å². The van der Waals surface area contributed by atoms with Crippen LogP contribution in [-0.4, -0.2) is 55.2 Å². The number of nitrogen functional groups attached to an aromatic ring is 1. The Morgan fingerprint density at radius 3 is 2.80 bits per heavy atom. The van der Waals surface area contributed by atoms with E-state index in [1.165, 1.54) is 0 Å². The summed E-state index contributed by atoms with van der Waals surface area (Å²) < 4.78 is 15.8. The van der Waals surface area contributed by atoms with Crippen molar-refractivity contribution in [1.82, 2.24) is 14.3 Å². The fourth-order valence-electron chi connectivity index (χ4n) is 5.79. The fraction of sp³-hybridized carbons (Fsp3) is 0.414. The lowest BCUT2D eigenvalue weighted by atomic mass is 9.87. The van der Waals surface area contributed by atoms with E-state index in [2.05, 4.69) is 9.88 Å². The van der Waals surface area contributed by atoms with Crippen molar-refractivity contribution in [2.45, 2.75) is 63.4 Å². The standard InChI is InChI=1S/C29H37N7O3S/c1-4-36(31)25-12-10-21(19(3)28(25)30)22(15-27(37)38)23-11-9-18(2)24(33-23)17-34-16-20-7-6-14-35(20)29-26(40(34)39)8-5-13-32-29/h5,8-13,20,22H,4,6-7,14-17,30-31H2,1-3H3,(H,37,38)/t20?,22-,40?/m1/s1. The quantitative estimate of drug-likeness (QED) is 0.213. The van der Waals surface area contributed by atoms with E-state index in [1.807, 2.05) is 61.5 Å². The number of hydrogen-bond acceptors (Lipinski definition) is 8. The van der Waals surface area contributed by atoms with Gasteiger partial charge in [-0.05, 0) is 74.6 Å². The van der Waals surface area contributed by atoms with Gasteiger partial charge in [0.05, 0.1) is 34.9 Å². The largest absolute Gasteiger partial charge is 0.481 e. The van der Waals surface area contributed by atoms with E-state index in [0.717, 1.165) is 52.5 Å². The monoisotopic (exact) mass is 563 g/mol. The number of aliphatic carboxylic acids is 1. The van der Waals surface area contributed by atoms with Crippen molar-refractivity contribution in [1.29, 1.82) is 0 Å². The highest BCUT2D eigenvalue weighted by Crippen LogP contribution is 2.37. The summed E-state index contributed by atoms with van der Waals surface area (Å²) in [6.07, 6.45) is 3.71. The number of rotatable bonds is 8. The van der Waals surface area contributed by atoms with Crippen molar-refractivity contribution in [2.75, 3.05) is 35.3 Å². The van der Waals surface area contributed by atoms with E-state index < -0.39 is 22.9 Å². The summed E-state index contributed by atoms with van der Waals surface area (Å²) in [6, 6.07) is 11.5. The van der Waals surface area contributed by atoms with Gasteiger partial charge >= 0.3 is 5.97 Å². The number of carboxylic acid groups (broad SMARTS) is 1. The maximum atomic E-state index is 13.8. The highest BCUT2D eigenvalue weighted by Gasteiger charge is 2.36. The van der Waals surface area contributed by atoms with Crippen LogP contribution < -0.4 is 21.5 Å². The minimum Gasteiger partial charge on any atom is -0.481 e. The van der Waals surface area contributed by atoms with Crippen molar-refractivity contribution in [2.24, 2.45) is 5.84 Å². The molecule has 0 saturated carbocycles. The molecule has 0 radical (unpaired) electrons. The lowest BCUT2D eigenvalue weighted by Gasteiger charge is -2.26. The number of nitrogens with two attached hydrogens (primary N) is 2. The first-order chi connectivity index (χ1) is 19.2. The molecule has 0 bridgehead atoms. The summed E-state index contributed by atoms with van der Waals surface area (Å²) >= 11 is 0. The Labute approximate surface area is 237 Å². The van der Waals surface area contributed by atoms with Gasteiger partial charge in [-0.15, -0.1) is 0 Å². The van der Waals surface area contributed by atoms with Crippen molar-refractivity contribution in [3.05, 3.63) is 70.7 Å². The Kier molecular flexibility index (Phi) is 8.07. The number of hydrazine groups is 1. The third-order valence-corrected chi connectivity index (χ3v) is 9.52. The lowest BCUT2D eigenvalue weighted by Crippen LogP contribution is -2.38. The average molecular weight is 564 g/mol. The van der Waals surface area contributed by atoms with Gasteiger partial charge in [-0.2, -0.15) is 0 Å². The van der Waals surface area contributed by atoms with E-state index >= 15 is 0 Å². The van der Waals surface area contributed by atoms with Crippen molar-refractivity contribution < 1.29 is 14.1 Å². The van der Waals surface area contributed by atoms with Gasteiger partial charge < -0.3 is 20.7 Å². The maximum absolute atomic E-state index is 13.8. The molecule has 40 heavy (non-hydrogen) atoms. The first kappa shape index (κ1) is 28.0. The van der Waals surface area contributed by atoms with E-state index in [9.17, 15) is 14.1 Å².